The number of nitrogens with zero attached hydrogens (tertiary/aromatic N) is 3. The summed E-state index contributed by atoms with van der Waals surface area (Å²) in [5.74, 6) is 0. The van der Waals surface area contributed by atoms with Gasteiger partial charge in [0.15, 0.2) is 0 Å². The SMILES string of the molecule is N#Cc1ccc2c(c1)c1cc(-c3ccc4ccc5c(-c6ccccn6)ccc6ccc3c4c65)ccc1n2-c1ccccc1. The molecule has 0 aliphatic rings. The second-order valence-electron chi connectivity index (χ2n) is 11.1. The van der Waals surface area contributed by atoms with Crippen LogP contribution in [0.3, 0.4) is 0 Å². The van der Waals surface area contributed by atoms with E-state index in [2.05, 4.69) is 119 Å². The zero-order valence-corrected chi connectivity index (χ0v) is 23.1. The van der Waals surface area contributed by atoms with Gasteiger partial charge >= 0.3 is 0 Å². The largest absolute Gasteiger partial charge is 0.309 e. The van der Waals surface area contributed by atoms with Crippen LogP contribution in [0.2, 0.25) is 0 Å². The van der Waals surface area contributed by atoms with Crippen molar-refractivity contribution in [2.45, 2.75) is 0 Å². The van der Waals surface area contributed by atoms with Crippen LogP contribution in [0.15, 0.2) is 140 Å². The lowest BCUT2D eigenvalue weighted by atomic mass is 9.87. The third-order valence-electron chi connectivity index (χ3n) is 8.83. The first-order valence-corrected chi connectivity index (χ1v) is 14.4. The molecular weight excluding hydrogens is 522 g/mol. The summed E-state index contributed by atoms with van der Waals surface area (Å²) in [6, 6.07) is 49.5. The fraction of sp³-hybridized carbons (Fsp3) is 0. The van der Waals surface area contributed by atoms with Gasteiger partial charge in [0.2, 0.25) is 0 Å². The Hall–Kier alpha value is -5.98. The van der Waals surface area contributed by atoms with Crippen molar-refractivity contribution in [1.82, 2.24) is 9.55 Å². The molecule has 0 bridgehead atoms. The van der Waals surface area contributed by atoms with Crippen LogP contribution in [0.25, 0.3) is 82.2 Å². The molecule has 0 fully saturated rings. The minimum atomic E-state index is 0.663. The summed E-state index contributed by atoms with van der Waals surface area (Å²) in [4.78, 5) is 4.66. The number of hydrogen-bond acceptors (Lipinski definition) is 2. The molecule has 2 aromatic heterocycles. The van der Waals surface area contributed by atoms with Crippen molar-refractivity contribution in [3.05, 3.63) is 145 Å². The molecule has 3 heteroatoms. The first-order valence-electron chi connectivity index (χ1n) is 14.4. The van der Waals surface area contributed by atoms with Gasteiger partial charge in [0.05, 0.1) is 28.4 Å². The Morgan fingerprint density at radius 1 is 0.535 bits per heavy atom. The van der Waals surface area contributed by atoms with Crippen molar-refractivity contribution in [1.29, 1.82) is 5.26 Å². The van der Waals surface area contributed by atoms with Gasteiger partial charge in [-0.1, -0.05) is 78.9 Å². The summed E-state index contributed by atoms with van der Waals surface area (Å²) >= 11 is 0. The van der Waals surface area contributed by atoms with Crippen molar-refractivity contribution in [2.75, 3.05) is 0 Å². The Bertz CT molecular complexity index is 2550. The van der Waals surface area contributed by atoms with E-state index in [1.54, 1.807) is 0 Å². The highest BCUT2D eigenvalue weighted by molar-refractivity contribution is 6.27. The lowest BCUT2D eigenvalue weighted by molar-refractivity contribution is 1.18. The number of rotatable bonds is 3. The maximum atomic E-state index is 9.71. The number of aromatic nitrogens is 2. The zero-order chi connectivity index (χ0) is 28.5. The lowest BCUT2D eigenvalue weighted by Gasteiger charge is -2.16. The molecule has 7 aromatic carbocycles. The van der Waals surface area contributed by atoms with Crippen LogP contribution in [0, 0.1) is 11.3 Å². The molecule has 198 valence electrons. The van der Waals surface area contributed by atoms with Crippen LogP contribution in [-0.4, -0.2) is 9.55 Å². The van der Waals surface area contributed by atoms with Gasteiger partial charge in [-0.05, 0) is 98.0 Å². The molecule has 0 atom stereocenters. The average Bonchev–Trinajstić information content (AvgIpc) is 3.40. The number of hydrogen-bond donors (Lipinski definition) is 0. The Balaban J connectivity index is 1.33. The van der Waals surface area contributed by atoms with Crippen molar-refractivity contribution in [2.24, 2.45) is 0 Å². The molecule has 0 spiro atoms. The number of nitriles is 1. The predicted octanol–water partition coefficient (Wildman–Crippen LogP) is 10.3. The highest BCUT2D eigenvalue weighted by Gasteiger charge is 2.17. The van der Waals surface area contributed by atoms with Gasteiger partial charge in [0.25, 0.3) is 0 Å². The minimum absolute atomic E-state index is 0.663. The zero-order valence-electron chi connectivity index (χ0n) is 23.1. The molecule has 0 aliphatic heterocycles. The Morgan fingerprint density at radius 2 is 1.19 bits per heavy atom. The molecule has 0 saturated carbocycles. The van der Waals surface area contributed by atoms with Gasteiger partial charge < -0.3 is 4.57 Å². The van der Waals surface area contributed by atoms with Gasteiger partial charge in [0.1, 0.15) is 0 Å². The maximum absolute atomic E-state index is 9.71. The molecule has 0 radical (unpaired) electrons. The average molecular weight is 546 g/mol. The van der Waals surface area contributed by atoms with E-state index in [9.17, 15) is 5.26 Å². The van der Waals surface area contributed by atoms with E-state index in [4.69, 9.17) is 0 Å². The van der Waals surface area contributed by atoms with Crippen molar-refractivity contribution < 1.29 is 0 Å². The number of benzene rings is 7. The third kappa shape index (κ3) is 3.44. The number of fused-ring (bicyclic) bond motifs is 3. The Labute approximate surface area is 247 Å². The van der Waals surface area contributed by atoms with Gasteiger partial charge in [-0.2, -0.15) is 5.26 Å². The van der Waals surface area contributed by atoms with Crippen LogP contribution in [0.4, 0.5) is 0 Å². The fourth-order valence-corrected chi connectivity index (χ4v) is 6.91. The molecule has 43 heavy (non-hydrogen) atoms. The summed E-state index contributed by atoms with van der Waals surface area (Å²) in [7, 11) is 0. The highest BCUT2D eigenvalue weighted by Crippen LogP contribution is 2.43. The second kappa shape index (κ2) is 9.01. The van der Waals surface area contributed by atoms with E-state index in [1.807, 2.05) is 36.5 Å². The van der Waals surface area contributed by atoms with Gasteiger partial charge in [-0.3, -0.25) is 4.98 Å². The maximum Gasteiger partial charge on any atom is 0.0991 e. The van der Waals surface area contributed by atoms with Crippen LogP contribution in [0.1, 0.15) is 5.56 Å². The molecule has 0 saturated heterocycles. The molecule has 9 rings (SSSR count). The third-order valence-corrected chi connectivity index (χ3v) is 8.83. The van der Waals surface area contributed by atoms with Gasteiger partial charge in [-0.25, -0.2) is 0 Å². The second-order valence-corrected chi connectivity index (χ2v) is 11.1. The highest BCUT2D eigenvalue weighted by atomic mass is 15.0. The summed E-state index contributed by atoms with van der Waals surface area (Å²) in [5, 5.41) is 19.4. The Morgan fingerprint density at radius 3 is 1.91 bits per heavy atom. The van der Waals surface area contributed by atoms with Crippen LogP contribution in [0.5, 0.6) is 0 Å². The molecular formula is C40H23N3. The number of pyridine rings is 1. The molecule has 3 nitrogen and oxygen atoms in total. The predicted molar refractivity (Wildman–Crippen MR) is 178 cm³/mol. The van der Waals surface area contributed by atoms with Crippen molar-refractivity contribution in [3.8, 4) is 34.1 Å². The standard InChI is InChI=1S/C40H23N3/c41-24-25-9-19-37-34(22-25)35-23-28(14-20-38(35)43(37)29-6-2-1-3-7-29)30-15-10-26-13-18-33-31(36-8-4-5-21-42-36)16-11-27-12-17-32(30)39(26)40(27)33/h1-23H. The first-order chi connectivity index (χ1) is 21.3. The summed E-state index contributed by atoms with van der Waals surface area (Å²) in [5.41, 5.74) is 8.47. The van der Waals surface area contributed by atoms with E-state index >= 15 is 0 Å². The summed E-state index contributed by atoms with van der Waals surface area (Å²) < 4.78 is 2.29. The van der Waals surface area contributed by atoms with E-state index in [0.29, 0.717) is 5.56 Å². The van der Waals surface area contributed by atoms with Crippen LogP contribution < -0.4 is 0 Å². The fourth-order valence-electron chi connectivity index (χ4n) is 6.91. The van der Waals surface area contributed by atoms with Gasteiger partial charge in [0, 0.05) is 28.2 Å². The summed E-state index contributed by atoms with van der Waals surface area (Å²) in [6.07, 6.45) is 1.86. The van der Waals surface area contributed by atoms with Crippen LogP contribution >= 0.6 is 0 Å². The topological polar surface area (TPSA) is 41.6 Å². The normalized spacial score (nSPS) is 11.7. The molecule has 0 amide bonds. The molecule has 0 N–H and O–H groups in total. The molecule has 2 heterocycles. The van der Waals surface area contributed by atoms with E-state index in [0.717, 1.165) is 44.3 Å². The van der Waals surface area contributed by atoms with E-state index in [-0.39, 0.29) is 0 Å². The van der Waals surface area contributed by atoms with Crippen molar-refractivity contribution in [3.63, 3.8) is 0 Å². The molecule has 0 unspecified atom stereocenters. The minimum Gasteiger partial charge on any atom is -0.309 e. The van der Waals surface area contributed by atoms with E-state index < -0.39 is 0 Å². The van der Waals surface area contributed by atoms with Gasteiger partial charge in [-0.15, -0.1) is 0 Å². The first kappa shape index (κ1) is 23.7. The number of para-hydroxylation sites is 1. The van der Waals surface area contributed by atoms with Crippen LogP contribution in [-0.2, 0) is 0 Å². The summed E-state index contributed by atoms with van der Waals surface area (Å²) in [6.45, 7) is 0. The molecule has 0 aliphatic carbocycles. The quantitative estimate of drug-likeness (QED) is 0.207. The smallest absolute Gasteiger partial charge is 0.0991 e. The Kier molecular flexibility index (Phi) is 4.97. The van der Waals surface area contributed by atoms with E-state index in [1.165, 1.54) is 37.9 Å². The lowest BCUT2D eigenvalue weighted by Crippen LogP contribution is -1.93. The monoisotopic (exact) mass is 545 g/mol. The van der Waals surface area contributed by atoms with Crippen molar-refractivity contribution >= 4 is 54.1 Å². The molecule has 9 aromatic rings.